The maximum atomic E-state index is 13.3. The van der Waals surface area contributed by atoms with E-state index in [1.54, 1.807) is 26.2 Å². The Labute approximate surface area is 165 Å². The summed E-state index contributed by atoms with van der Waals surface area (Å²) in [6.07, 6.45) is 1.78. The molecule has 0 aliphatic heterocycles. The van der Waals surface area contributed by atoms with Crippen LogP contribution in [0.5, 0.6) is 0 Å². The molecule has 7 heteroatoms. The third-order valence-electron chi connectivity index (χ3n) is 3.64. The van der Waals surface area contributed by atoms with Crippen molar-refractivity contribution in [1.82, 2.24) is 15.6 Å². The van der Waals surface area contributed by atoms with E-state index in [1.807, 2.05) is 37.2 Å². The van der Waals surface area contributed by atoms with Gasteiger partial charge < -0.3 is 15.5 Å². The smallest absolute Gasteiger partial charge is 0.191 e. The highest BCUT2D eigenvalue weighted by Gasteiger charge is 2.06. The van der Waals surface area contributed by atoms with Crippen LogP contribution in [0.15, 0.2) is 41.5 Å². The first kappa shape index (κ1) is 21.1. The van der Waals surface area contributed by atoms with Gasteiger partial charge in [0.15, 0.2) is 5.96 Å². The van der Waals surface area contributed by atoms with Crippen molar-refractivity contribution in [3.8, 4) is 0 Å². The van der Waals surface area contributed by atoms with Gasteiger partial charge in [0, 0.05) is 46.0 Å². The first-order chi connectivity index (χ1) is 11.5. The fourth-order valence-corrected chi connectivity index (χ4v) is 2.37. The summed E-state index contributed by atoms with van der Waals surface area (Å²) < 4.78 is 13.3. The molecule has 1 aromatic carbocycles. The third-order valence-corrected chi connectivity index (χ3v) is 3.64. The van der Waals surface area contributed by atoms with Gasteiger partial charge in [0.1, 0.15) is 11.6 Å². The monoisotopic (exact) mass is 457 g/mol. The summed E-state index contributed by atoms with van der Waals surface area (Å²) in [4.78, 5) is 10.6. The van der Waals surface area contributed by atoms with Crippen LogP contribution in [0.4, 0.5) is 10.2 Å². The number of anilines is 1. The Hall–Kier alpha value is -1.90. The van der Waals surface area contributed by atoms with Gasteiger partial charge in [-0.15, -0.1) is 24.0 Å². The van der Waals surface area contributed by atoms with Gasteiger partial charge in [-0.1, -0.05) is 18.2 Å². The predicted molar refractivity (Wildman–Crippen MR) is 112 cm³/mol. The van der Waals surface area contributed by atoms with Crippen molar-refractivity contribution in [3.63, 3.8) is 0 Å². The van der Waals surface area contributed by atoms with Crippen molar-refractivity contribution in [3.05, 3.63) is 59.0 Å². The van der Waals surface area contributed by atoms with Crippen LogP contribution in [0.25, 0.3) is 0 Å². The van der Waals surface area contributed by atoms with Crippen molar-refractivity contribution in [2.75, 3.05) is 26.0 Å². The molecule has 1 aromatic heterocycles. The minimum atomic E-state index is -0.186. The summed E-state index contributed by atoms with van der Waals surface area (Å²) in [7, 11) is 5.66. The van der Waals surface area contributed by atoms with E-state index in [2.05, 4.69) is 20.6 Å². The van der Waals surface area contributed by atoms with E-state index in [0.29, 0.717) is 24.6 Å². The second-order valence-electron chi connectivity index (χ2n) is 5.74. The first-order valence-corrected chi connectivity index (χ1v) is 7.82. The van der Waals surface area contributed by atoms with Crippen LogP contribution >= 0.6 is 24.0 Å². The normalized spacial score (nSPS) is 10.8. The second-order valence-corrected chi connectivity index (χ2v) is 5.74. The Morgan fingerprint density at radius 3 is 2.56 bits per heavy atom. The number of nitrogens with one attached hydrogen (secondary N) is 2. The fourth-order valence-electron chi connectivity index (χ4n) is 2.37. The molecule has 0 spiro atoms. The molecular formula is C18H25FIN5. The third kappa shape index (κ3) is 6.15. The molecule has 0 aliphatic rings. The van der Waals surface area contributed by atoms with Gasteiger partial charge in [-0.05, 0) is 30.2 Å². The molecule has 0 unspecified atom stereocenters. The van der Waals surface area contributed by atoms with Gasteiger partial charge in [-0.25, -0.2) is 9.37 Å². The van der Waals surface area contributed by atoms with Crippen LogP contribution < -0.4 is 15.5 Å². The number of pyridine rings is 1. The SMILES string of the molecule is CN=C(NCc1ccc(F)c(C)c1)NCc1cccnc1N(C)C.I. The zero-order chi connectivity index (χ0) is 17.5. The van der Waals surface area contributed by atoms with Gasteiger partial charge in [-0.2, -0.15) is 0 Å². The van der Waals surface area contributed by atoms with Crippen LogP contribution in [0.3, 0.4) is 0 Å². The molecular weight excluding hydrogens is 432 g/mol. The number of rotatable bonds is 5. The molecule has 136 valence electrons. The molecule has 0 radical (unpaired) electrons. The number of aryl methyl sites for hydroxylation is 1. The molecule has 0 atom stereocenters. The van der Waals surface area contributed by atoms with E-state index in [-0.39, 0.29) is 29.8 Å². The van der Waals surface area contributed by atoms with Gasteiger partial charge >= 0.3 is 0 Å². The van der Waals surface area contributed by atoms with Crippen molar-refractivity contribution in [1.29, 1.82) is 0 Å². The van der Waals surface area contributed by atoms with E-state index in [4.69, 9.17) is 0 Å². The number of benzene rings is 1. The molecule has 1 heterocycles. The zero-order valence-electron chi connectivity index (χ0n) is 15.0. The minimum absolute atomic E-state index is 0. The molecule has 0 amide bonds. The van der Waals surface area contributed by atoms with Crippen LogP contribution in [-0.2, 0) is 13.1 Å². The lowest BCUT2D eigenvalue weighted by atomic mass is 10.1. The summed E-state index contributed by atoms with van der Waals surface area (Å²) in [5, 5.41) is 6.51. The predicted octanol–water partition coefficient (Wildman–Crippen LogP) is 3.08. The fraction of sp³-hybridized carbons (Fsp3) is 0.333. The summed E-state index contributed by atoms with van der Waals surface area (Å²) in [6, 6.07) is 9.05. The highest BCUT2D eigenvalue weighted by molar-refractivity contribution is 14.0. The highest BCUT2D eigenvalue weighted by atomic mass is 127. The molecule has 0 fully saturated rings. The Bertz CT molecular complexity index is 718. The number of guanidine groups is 1. The Morgan fingerprint density at radius 2 is 1.92 bits per heavy atom. The Balaban J connectivity index is 0.00000312. The quantitative estimate of drug-likeness (QED) is 0.412. The number of hydrogen-bond donors (Lipinski definition) is 2. The van der Waals surface area contributed by atoms with Gasteiger partial charge in [-0.3, -0.25) is 4.99 Å². The van der Waals surface area contributed by atoms with E-state index in [0.717, 1.165) is 16.9 Å². The number of hydrogen-bond acceptors (Lipinski definition) is 3. The number of halogens is 2. The van der Waals surface area contributed by atoms with E-state index in [9.17, 15) is 4.39 Å². The topological polar surface area (TPSA) is 52.6 Å². The highest BCUT2D eigenvalue weighted by Crippen LogP contribution is 2.13. The van der Waals surface area contributed by atoms with Gasteiger partial charge in [0.05, 0.1) is 0 Å². The summed E-state index contributed by atoms with van der Waals surface area (Å²) in [5.74, 6) is 1.43. The average Bonchev–Trinajstić information content (AvgIpc) is 2.58. The zero-order valence-corrected chi connectivity index (χ0v) is 17.3. The first-order valence-electron chi connectivity index (χ1n) is 7.82. The molecule has 25 heavy (non-hydrogen) atoms. The van der Waals surface area contributed by atoms with E-state index < -0.39 is 0 Å². The maximum Gasteiger partial charge on any atom is 0.191 e. The molecule has 0 bridgehead atoms. The van der Waals surface area contributed by atoms with Gasteiger partial charge in [0.25, 0.3) is 0 Å². The summed E-state index contributed by atoms with van der Waals surface area (Å²) >= 11 is 0. The molecule has 2 rings (SSSR count). The molecule has 0 aliphatic carbocycles. The van der Waals surface area contributed by atoms with Crippen molar-refractivity contribution < 1.29 is 4.39 Å². The van der Waals surface area contributed by atoms with Crippen molar-refractivity contribution in [2.24, 2.45) is 4.99 Å². The van der Waals surface area contributed by atoms with E-state index in [1.165, 1.54) is 6.07 Å². The average molecular weight is 457 g/mol. The van der Waals surface area contributed by atoms with Crippen LogP contribution in [0, 0.1) is 12.7 Å². The maximum absolute atomic E-state index is 13.3. The lowest BCUT2D eigenvalue weighted by molar-refractivity contribution is 0.617. The molecule has 2 N–H and O–H groups in total. The number of aliphatic imine (C=N–C) groups is 1. The largest absolute Gasteiger partial charge is 0.362 e. The number of nitrogens with zero attached hydrogens (tertiary/aromatic N) is 3. The minimum Gasteiger partial charge on any atom is -0.362 e. The van der Waals surface area contributed by atoms with Crippen LogP contribution in [-0.4, -0.2) is 32.1 Å². The second kappa shape index (κ2) is 10.2. The molecule has 0 saturated heterocycles. The molecule has 2 aromatic rings. The molecule has 5 nitrogen and oxygen atoms in total. The van der Waals surface area contributed by atoms with Crippen LogP contribution in [0.1, 0.15) is 16.7 Å². The summed E-state index contributed by atoms with van der Waals surface area (Å²) in [5.41, 5.74) is 2.73. The van der Waals surface area contributed by atoms with Crippen LogP contribution in [0.2, 0.25) is 0 Å². The van der Waals surface area contributed by atoms with Crippen molar-refractivity contribution in [2.45, 2.75) is 20.0 Å². The number of aromatic nitrogens is 1. The Morgan fingerprint density at radius 1 is 1.20 bits per heavy atom. The Kier molecular flexibility index (Phi) is 8.60. The lowest BCUT2D eigenvalue weighted by Gasteiger charge is -2.17. The lowest BCUT2D eigenvalue weighted by Crippen LogP contribution is -2.36. The standard InChI is InChI=1S/C18H24FN5.HI/c1-13-10-14(7-8-16(13)19)11-22-18(20-2)23-12-15-6-5-9-21-17(15)24(3)4;/h5-10H,11-12H2,1-4H3,(H2,20,22,23);1H. The molecule has 0 saturated carbocycles. The van der Waals surface area contributed by atoms with E-state index >= 15 is 0 Å². The summed E-state index contributed by atoms with van der Waals surface area (Å²) in [6.45, 7) is 2.95. The van der Waals surface area contributed by atoms with Crippen molar-refractivity contribution >= 4 is 35.8 Å². The van der Waals surface area contributed by atoms with Gasteiger partial charge in [0.2, 0.25) is 0 Å².